The average Bonchev–Trinajstić information content (AvgIpc) is 2.80. The zero-order valence-corrected chi connectivity index (χ0v) is 17.3. The predicted molar refractivity (Wildman–Crippen MR) is 101 cm³/mol. The van der Waals surface area contributed by atoms with Gasteiger partial charge in [0, 0.05) is 31.3 Å². The number of amides is 1. The lowest BCUT2D eigenvalue weighted by atomic mass is 9.99. The fourth-order valence-corrected chi connectivity index (χ4v) is 3.25. The maximum Gasteiger partial charge on any atom is 0.355 e. The molecular formula is C20H32N2O4. The van der Waals surface area contributed by atoms with Crippen molar-refractivity contribution in [1.29, 1.82) is 0 Å². The molecule has 6 heteroatoms. The van der Waals surface area contributed by atoms with E-state index in [-0.39, 0.29) is 24.2 Å². The van der Waals surface area contributed by atoms with Crippen LogP contribution in [0, 0.1) is 19.8 Å². The molecule has 0 aliphatic carbocycles. The van der Waals surface area contributed by atoms with E-state index in [0.717, 1.165) is 0 Å². The normalized spacial score (nSPS) is 12.2. The van der Waals surface area contributed by atoms with Crippen LogP contribution in [0.15, 0.2) is 0 Å². The summed E-state index contributed by atoms with van der Waals surface area (Å²) >= 11 is 0. The lowest BCUT2D eigenvalue weighted by Gasteiger charge is -2.30. The molecule has 0 fully saturated rings. The summed E-state index contributed by atoms with van der Waals surface area (Å²) in [5.74, 6) is -0.371. The molecule has 1 unspecified atom stereocenters. The van der Waals surface area contributed by atoms with Crippen LogP contribution in [0.1, 0.15) is 73.1 Å². The Morgan fingerprint density at radius 3 is 2.15 bits per heavy atom. The Balaban J connectivity index is 3.33. The summed E-state index contributed by atoms with van der Waals surface area (Å²) in [5.41, 5.74) is 2.20. The smallest absolute Gasteiger partial charge is 0.355 e. The number of carbonyl (C=O) groups excluding carboxylic acids is 3. The maximum atomic E-state index is 13.2. The van der Waals surface area contributed by atoms with Gasteiger partial charge in [0.15, 0.2) is 5.78 Å². The Hall–Kier alpha value is -2.11. The van der Waals surface area contributed by atoms with E-state index in [1.165, 1.54) is 0 Å². The van der Waals surface area contributed by atoms with Crippen molar-refractivity contribution in [3.05, 3.63) is 22.5 Å². The molecule has 0 N–H and O–H groups in total. The van der Waals surface area contributed by atoms with Crippen molar-refractivity contribution in [3.63, 3.8) is 0 Å². The molecule has 1 atom stereocenters. The van der Waals surface area contributed by atoms with E-state index in [2.05, 4.69) is 0 Å². The molecule has 1 rings (SSSR count). The van der Waals surface area contributed by atoms with Gasteiger partial charge in [-0.15, -0.1) is 0 Å². The molecule has 0 saturated carbocycles. The summed E-state index contributed by atoms with van der Waals surface area (Å²) in [6.45, 7) is 13.7. The average molecular weight is 364 g/mol. The number of ether oxygens (including phenoxy) is 1. The monoisotopic (exact) mass is 364 g/mol. The summed E-state index contributed by atoms with van der Waals surface area (Å²) in [5, 5.41) is 0. The standard InChI is InChI=1S/C20H32N2O4/c1-9-16(23)22(11-12(3)4)15(7)19(24)17-13(5)18(20(25)26-10-2)21(8)14(17)6/h12,15H,9-11H2,1-8H3. The van der Waals surface area contributed by atoms with Gasteiger partial charge in [-0.2, -0.15) is 0 Å². The Labute approximate surface area is 156 Å². The van der Waals surface area contributed by atoms with E-state index in [9.17, 15) is 14.4 Å². The molecule has 0 spiro atoms. The van der Waals surface area contributed by atoms with E-state index >= 15 is 0 Å². The molecule has 1 amide bonds. The van der Waals surface area contributed by atoms with Crippen LogP contribution in [0.3, 0.4) is 0 Å². The molecule has 0 bridgehead atoms. The molecule has 0 radical (unpaired) electrons. The third-order valence-electron chi connectivity index (χ3n) is 4.68. The largest absolute Gasteiger partial charge is 0.461 e. The third kappa shape index (κ3) is 4.34. The van der Waals surface area contributed by atoms with Crippen molar-refractivity contribution in [2.24, 2.45) is 13.0 Å². The quantitative estimate of drug-likeness (QED) is 0.524. The van der Waals surface area contributed by atoms with Gasteiger partial charge in [0.05, 0.1) is 12.6 Å². The van der Waals surface area contributed by atoms with Crippen molar-refractivity contribution >= 4 is 17.7 Å². The lowest BCUT2D eigenvalue weighted by molar-refractivity contribution is -0.132. The van der Waals surface area contributed by atoms with E-state index < -0.39 is 12.0 Å². The van der Waals surface area contributed by atoms with Crippen molar-refractivity contribution in [2.75, 3.05) is 13.2 Å². The summed E-state index contributed by atoms with van der Waals surface area (Å²) in [7, 11) is 1.75. The molecule has 6 nitrogen and oxygen atoms in total. The number of aromatic nitrogens is 1. The fraction of sp³-hybridized carbons (Fsp3) is 0.650. The minimum atomic E-state index is -0.584. The minimum absolute atomic E-state index is 0.0450. The van der Waals surface area contributed by atoms with Gasteiger partial charge in [0.1, 0.15) is 5.69 Å². The minimum Gasteiger partial charge on any atom is -0.461 e. The van der Waals surface area contributed by atoms with E-state index in [1.807, 2.05) is 20.8 Å². The number of hydrogen-bond acceptors (Lipinski definition) is 4. The summed E-state index contributed by atoms with van der Waals surface area (Å²) < 4.78 is 6.81. The first-order valence-electron chi connectivity index (χ1n) is 9.24. The van der Waals surface area contributed by atoms with Crippen molar-refractivity contribution in [3.8, 4) is 0 Å². The van der Waals surface area contributed by atoms with Crippen LogP contribution in [-0.2, 0) is 16.6 Å². The SMILES string of the molecule is CCOC(=O)c1c(C)c(C(=O)C(C)N(CC(C)C)C(=O)CC)c(C)n1C. The van der Waals surface area contributed by atoms with Gasteiger partial charge in [-0.25, -0.2) is 4.79 Å². The molecule has 0 aliphatic heterocycles. The molecule has 0 saturated heterocycles. The van der Waals surface area contributed by atoms with Crippen LogP contribution in [-0.4, -0.2) is 46.3 Å². The number of Topliss-reactive ketones (excluding diaryl/α,β-unsaturated/α-hetero) is 1. The third-order valence-corrected chi connectivity index (χ3v) is 4.68. The van der Waals surface area contributed by atoms with Gasteiger partial charge in [-0.05, 0) is 39.2 Å². The highest BCUT2D eigenvalue weighted by atomic mass is 16.5. The van der Waals surface area contributed by atoms with Gasteiger partial charge in [0.25, 0.3) is 0 Å². The van der Waals surface area contributed by atoms with Crippen LogP contribution in [0.5, 0.6) is 0 Å². The second kappa shape index (κ2) is 9.01. The van der Waals surface area contributed by atoms with E-state index in [4.69, 9.17) is 4.74 Å². The Morgan fingerprint density at radius 2 is 1.69 bits per heavy atom. The second-order valence-electron chi connectivity index (χ2n) is 7.05. The number of ketones is 1. The van der Waals surface area contributed by atoms with Crippen molar-refractivity contribution in [2.45, 2.75) is 60.9 Å². The van der Waals surface area contributed by atoms with Gasteiger partial charge in [-0.3, -0.25) is 9.59 Å². The molecule has 0 aromatic carbocycles. The van der Waals surface area contributed by atoms with Gasteiger partial charge < -0.3 is 14.2 Å². The highest BCUT2D eigenvalue weighted by Gasteiger charge is 2.32. The molecule has 1 heterocycles. The summed E-state index contributed by atoms with van der Waals surface area (Å²) in [6.07, 6.45) is 0.352. The first kappa shape index (κ1) is 21.9. The molecule has 1 aromatic heterocycles. The Morgan fingerprint density at radius 1 is 1.12 bits per heavy atom. The first-order chi connectivity index (χ1) is 12.1. The molecular weight excluding hydrogens is 332 g/mol. The molecule has 26 heavy (non-hydrogen) atoms. The first-order valence-corrected chi connectivity index (χ1v) is 9.24. The topological polar surface area (TPSA) is 68.6 Å². The van der Waals surface area contributed by atoms with Crippen LogP contribution in [0.2, 0.25) is 0 Å². The number of rotatable bonds is 8. The van der Waals surface area contributed by atoms with Gasteiger partial charge in [0.2, 0.25) is 5.91 Å². The summed E-state index contributed by atoms with van der Waals surface area (Å²) in [4.78, 5) is 39.5. The van der Waals surface area contributed by atoms with Gasteiger partial charge >= 0.3 is 5.97 Å². The Kier molecular flexibility index (Phi) is 7.60. The fourth-order valence-electron chi connectivity index (χ4n) is 3.25. The van der Waals surface area contributed by atoms with Crippen molar-refractivity contribution in [1.82, 2.24) is 9.47 Å². The van der Waals surface area contributed by atoms with E-state index in [0.29, 0.717) is 35.5 Å². The van der Waals surface area contributed by atoms with Gasteiger partial charge in [-0.1, -0.05) is 20.8 Å². The van der Waals surface area contributed by atoms with Crippen LogP contribution in [0.25, 0.3) is 0 Å². The van der Waals surface area contributed by atoms with Crippen LogP contribution < -0.4 is 0 Å². The lowest BCUT2D eigenvalue weighted by Crippen LogP contribution is -2.45. The zero-order valence-electron chi connectivity index (χ0n) is 17.3. The van der Waals surface area contributed by atoms with Crippen LogP contribution in [0.4, 0.5) is 0 Å². The number of carbonyl (C=O) groups is 3. The highest BCUT2D eigenvalue weighted by molar-refractivity contribution is 6.06. The summed E-state index contributed by atoms with van der Waals surface area (Å²) in [6, 6.07) is -0.584. The molecule has 1 aromatic rings. The van der Waals surface area contributed by atoms with Crippen LogP contribution >= 0.6 is 0 Å². The number of hydrogen-bond donors (Lipinski definition) is 0. The maximum absolute atomic E-state index is 13.2. The highest BCUT2D eigenvalue weighted by Crippen LogP contribution is 2.25. The second-order valence-corrected chi connectivity index (χ2v) is 7.05. The number of esters is 1. The van der Waals surface area contributed by atoms with E-state index in [1.54, 1.807) is 44.2 Å². The zero-order chi connectivity index (χ0) is 20.2. The molecule has 146 valence electrons. The van der Waals surface area contributed by atoms with Crippen molar-refractivity contribution < 1.29 is 19.1 Å². The molecule has 0 aliphatic rings. The number of nitrogens with zero attached hydrogens (tertiary/aromatic N) is 2. The Bertz CT molecular complexity index is 688. The predicted octanol–water partition coefficient (Wildman–Crippen LogP) is 3.28.